The minimum Gasteiger partial charge on any atom is -0.309 e. The third-order valence-electron chi connectivity index (χ3n) is 12.5. The van der Waals surface area contributed by atoms with Crippen molar-refractivity contribution in [1.29, 1.82) is 0 Å². The Hall–Kier alpha value is -7.05. The minimum absolute atomic E-state index is 1.09. The van der Waals surface area contributed by atoms with E-state index in [9.17, 15) is 0 Å². The van der Waals surface area contributed by atoms with E-state index in [-0.39, 0.29) is 0 Å². The van der Waals surface area contributed by atoms with Crippen LogP contribution in [0.4, 0.5) is 0 Å². The van der Waals surface area contributed by atoms with E-state index in [0.29, 0.717) is 0 Å². The lowest BCUT2D eigenvalue weighted by molar-refractivity contribution is 1.18. The number of fused-ring (bicyclic) bond motifs is 14. The molecule has 282 valence electrons. The molecule has 0 fully saturated rings. The molecule has 0 aliphatic carbocycles. The molecule has 60 heavy (non-hydrogen) atoms. The van der Waals surface area contributed by atoms with Crippen molar-refractivity contribution in [3.05, 3.63) is 187 Å². The highest BCUT2D eigenvalue weighted by atomic mass is 32.1. The van der Waals surface area contributed by atoms with Gasteiger partial charge in [0.2, 0.25) is 0 Å². The highest BCUT2D eigenvalue weighted by Crippen LogP contribution is 2.45. The maximum Gasteiger partial charge on any atom is 0.0555 e. The number of benzene rings is 8. The summed E-state index contributed by atoms with van der Waals surface area (Å²) in [6.07, 6.45) is 3.99. The van der Waals surface area contributed by atoms with E-state index < -0.39 is 0 Å². The Balaban J connectivity index is 0.939. The van der Waals surface area contributed by atoms with E-state index in [1.165, 1.54) is 95.1 Å². The number of pyridine rings is 1. The molecule has 5 aromatic heterocycles. The number of aromatic nitrogens is 3. The van der Waals surface area contributed by atoms with Crippen LogP contribution in [0.15, 0.2) is 176 Å². The standard InChI is InChI=1S/C55H35N3S2/c1-32-17-21-46-44(25-32)52-48(23-19-42-40-13-3-5-15-50(40)59-54(42)52)57(46)38-11-7-9-34(28-38)36-27-37(31-56-30-36)35-10-8-12-39(29-35)58-47-22-18-33(2)26-45(47)53-49(58)24-20-43-41-14-4-6-16-51(41)60-55(43)53/h3-31H,1-2H3. The molecule has 5 heteroatoms. The lowest BCUT2D eigenvalue weighted by atomic mass is 10.0. The highest BCUT2D eigenvalue weighted by molar-refractivity contribution is 7.27. The monoisotopic (exact) mass is 801 g/mol. The number of hydrogen-bond acceptors (Lipinski definition) is 3. The zero-order valence-corrected chi connectivity index (χ0v) is 34.5. The van der Waals surface area contributed by atoms with Crippen LogP contribution in [-0.2, 0) is 0 Å². The fourth-order valence-electron chi connectivity index (χ4n) is 9.76. The second-order valence-corrected chi connectivity index (χ2v) is 18.2. The van der Waals surface area contributed by atoms with Gasteiger partial charge in [-0.05, 0) is 104 Å². The van der Waals surface area contributed by atoms with Crippen LogP contribution in [0, 0.1) is 13.8 Å². The summed E-state index contributed by atoms with van der Waals surface area (Å²) in [6.45, 7) is 4.38. The molecule has 0 radical (unpaired) electrons. The van der Waals surface area contributed by atoms with Crippen LogP contribution in [-0.4, -0.2) is 14.1 Å². The molecule has 0 spiro atoms. The van der Waals surface area contributed by atoms with Gasteiger partial charge < -0.3 is 9.13 Å². The van der Waals surface area contributed by atoms with Crippen molar-refractivity contribution >= 4 is 107 Å². The van der Waals surface area contributed by atoms with Crippen molar-refractivity contribution in [2.75, 3.05) is 0 Å². The summed E-state index contributed by atoms with van der Waals surface area (Å²) >= 11 is 3.80. The summed E-state index contributed by atoms with van der Waals surface area (Å²) in [5.74, 6) is 0. The molecular weight excluding hydrogens is 767 g/mol. The molecule has 13 rings (SSSR count). The van der Waals surface area contributed by atoms with Crippen molar-refractivity contribution < 1.29 is 0 Å². The van der Waals surface area contributed by atoms with E-state index in [1.54, 1.807) is 0 Å². The molecule has 0 N–H and O–H groups in total. The van der Waals surface area contributed by atoms with E-state index >= 15 is 0 Å². The Morgan fingerprint density at radius 1 is 0.367 bits per heavy atom. The minimum atomic E-state index is 1.09. The fraction of sp³-hybridized carbons (Fsp3) is 0.0364. The Labute approximate surface area is 353 Å². The fourth-order valence-corrected chi connectivity index (χ4v) is 12.3. The third kappa shape index (κ3) is 4.91. The van der Waals surface area contributed by atoms with Crippen LogP contribution in [0.3, 0.4) is 0 Å². The Morgan fingerprint density at radius 2 is 0.833 bits per heavy atom. The summed E-state index contributed by atoms with van der Waals surface area (Å²) in [5.41, 5.74) is 14.1. The maximum absolute atomic E-state index is 4.84. The van der Waals surface area contributed by atoms with E-state index in [4.69, 9.17) is 4.98 Å². The quantitative estimate of drug-likeness (QED) is 0.174. The smallest absolute Gasteiger partial charge is 0.0555 e. The van der Waals surface area contributed by atoms with Crippen LogP contribution in [0.25, 0.3) is 118 Å². The van der Waals surface area contributed by atoms with Gasteiger partial charge in [-0.25, -0.2) is 0 Å². The summed E-state index contributed by atoms with van der Waals surface area (Å²) in [5, 5.41) is 10.5. The second kappa shape index (κ2) is 12.7. The van der Waals surface area contributed by atoms with Gasteiger partial charge >= 0.3 is 0 Å². The van der Waals surface area contributed by atoms with Gasteiger partial charge in [0.05, 0.1) is 22.1 Å². The molecule has 0 bridgehead atoms. The van der Waals surface area contributed by atoms with Gasteiger partial charge in [0.25, 0.3) is 0 Å². The van der Waals surface area contributed by atoms with Crippen molar-refractivity contribution in [2.24, 2.45) is 0 Å². The topological polar surface area (TPSA) is 22.8 Å². The molecular formula is C55H35N3S2. The number of nitrogens with zero attached hydrogens (tertiary/aromatic N) is 3. The molecule has 0 unspecified atom stereocenters. The summed E-state index contributed by atoms with van der Waals surface area (Å²) in [6, 6.07) is 60.7. The molecule has 0 aliphatic rings. The van der Waals surface area contributed by atoms with E-state index in [1.807, 2.05) is 35.1 Å². The predicted octanol–water partition coefficient (Wildman–Crippen LogP) is 16.0. The van der Waals surface area contributed by atoms with Crippen molar-refractivity contribution in [3.8, 4) is 33.6 Å². The maximum atomic E-state index is 4.84. The van der Waals surface area contributed by atoms with Gasteiger partial charge in [-0.2, -0.15) is 0 Å². The summed E-state index contributed by atoms with van der Waals surface area (Å²) < 4.78 is 10.2. The van der Waals surface area contributed by atoms with Crippen molar-refractivity contribution in [3.63, 3.8) is 0 Å². The predicted molar refractivity (Wildman–Crippen MR) is 259 cm³/mol. The molecule has 3 nitrogen and oxygen atoms in total. The molecule has 5 heterocycles. The van der Waals surface area contributed by atoms with Crippen molar-refractivity contribution in [1.82, 2.24) is 14.1 Å². The molecule has 0 atom stereocenters. The van der Waals surface area contributed by atoms with Crippen LogP contribution >= 0.6 is 22.7 Å². The Morgan fingerprint density at radius 3 is 1.33 bits per heavy atom. The zero-order valence-electron chi connectivity index (χ0n) is 32.9. The van der Waals surface area contributed by atoms with Gasteiger partial charge in [-0.1, -0.05) is 96.1 Å². The first kappa shape index (κ1) is 33.9. The first-order valence-electron chi connectivity index (χ1n) is 20.4. The van der Waals surface area contributed by atoms with E-state index in [2.05, 4.69) is 187 Å². The number of rotatable bonds is 4. The van der Waals surface area contributed by atoms with Crippen LogP contribution < -0.4 is 0 Å². The summed E-state index contributed by atoms with van der Waals surface area (Å²) in [4.78, 5) is 4.84. The molecule has 13 aromatic rings. The molecule has 0 aliphatic heterocycles. The van der Waals surface area contributed by atoms with Crippen molar-refractivity contribution in [2.45, 2.75) is 13.8 Å². The molecule has 8 aromatic carbocycles. The number of thiophene rings is 2. The van der Waals surface area contributed by atoms with Gasteiger partial charge in [-0.3, -0.25) is 4.98 Å². The SMILES string of the molecule is Cc1ccc2c(c1)c1c3sc4ccccc4c3ccc1n2-c1cccc(-c2cncc(-c3cccc(-n4c5ccc(C)cc5c5c6sc7ccccc7c6ccc54)c3)c2)c1. The van der Waals surface area contributed by atoms with Crippen LogP contribution in [0.1, 0.15) is 11.1 Å². The molecule has 0 saturated heterocycles. The van der Waals surface area contributed by atoms with Crippen LogP contribution in [0.5, 0.6) is 0 Å². The molecule has 0 saturated carbocycles. The van der Waals surface area contributed by atoms with Gasteiger partial charge in [0.15, 0.2) is 0 Å². The van der Waals surface area contributed by atoms with Gasteiger partial charge in [0.1, 0.15) is 0 Å². The normalized spacial score (nSPS) is 12.2. The van der Waals surface area contributed by atoms with Gasteiger partial charge in [-0.15, -0.1) is 22.7 Å². The number of aryl methyl sites for hydroxylation is 2. The van der Waals surface area contributed by atoms with Gasteiger partial charge in [0, 0.05) is 96.8 Å². The Kier molecular flexibility index (Phi) is 7.18. The van der Waals surface area contributed by atoms with Crippen LogP contribution in [0.2, 0.25) is 0 Å². The first-order chi connectivity index (χ1) is 29.6. The number of hydrogen-bond donors (Lipinski definition) is 0. The third-order valence-corrected chi connectivity index (χ3v) is 14.9. The summed E-state index contributed by atoms with van der Waals surface area (Å²) in [7, 11) is 0. The highest BCUT2D eigenvalue weighted by Gasteiger charge is 2.20. The Bertz CT molecular complexity index is 3680. The van der Waals surface area contributed by atoms with E-state index in [0.717, 1.165) is 33.6 Å². The average Bonchev–Trinajstić information content (AvgIpc) is 4.04. The zero-order chi connectivity index (χ0) is 39.6. The lowest BCUT2D eigenvalue weighted by Crippen LogP contribution is -1.95. The first-order valence-corrected chi connectivity index (χ1v) is 22.1. The average molecular weight is 802 g/mol. The second-order valence-electron chi connectivity index (χ2n) is 16.1. The largest absolute Gasteiger partial charge is 0.309 e. The molecule has 0 amide bonds. The lowest BCUT2D eigenvalue weighted by Gasteiger charge is -2.12.